The molecule has 20 heavy (non-hydrogen) atoms. The second-order valence-corrected chi connectivity index (χ2v) is 5.90. The molecule has 0 aromatic heterocycles. The van der Waals surface area contributed by atoms with Crippen molar-refractivity contribution in [3.8, 4) is 11.5 Å². The summed E-state index contributed by atoms with van der Waals surface area (Å²) in [5, 5.41) is 0.631. The van der Waals surface area contributed by atoms with Crippen LogP contribution in [-0.4, -0.2) is 6.04 Å². The first-order valence-corrected chi connectivity index (χ1v) is 7.29. The summed E-state index contributed by atoms with van der Waals surface area (Å²) < 4.78 is 19.4. The van der Waals surface area contributed by atoms with Crippen molar-refractivity contribution >= 4 is 27.5 Å². The molecular weight excluding hydrogens is 345 g/mol. The maximum Gasteiger partial charge on any atom is 0.141 e. The summed E-state index contributed by atoms with van der Waals surface area (Å²) >= 11 is 9.28. The molecule has 0 heterocycles. The van der Waals surface area contributed by atoms with Gasteiger partial charge in [0.1, 0.15) is 17.3 Å². The molecule has 1 unspecified atom stereocenters. The smallest absolute Gasteiger partial charge is 0.141 e. The molecule has 0 aliphatic rings. The van der Waals surface area contributed by atoms with Gasteiger partial charge in [-0.1, -0.05) is 11.6 Å². The van der Waals surface area contributed by atoms with E-state index in [1.54, 1.807) is 18.2 Å². The molecule has 0 bridgehead atoms. The van der Waals surface area contributed by atoms with E-state index in [1.807, 2.05) is 13.0 Å². The van der Waals surface area contributed by atoms with Gasteiger partial charge in [0.25, 0.3) is 0 Å². The standard InChI is InChI=1S/C15H14BrClFNO/c1-9(19)6-10-7-11(17)2-4-14(10)20-15-5-3-12(18)8-13(15)16/h2-5,7-9H,6,19H2,1H3. The highest BCUT2D eigenvalue weighted by molar-refractivity contribution is 9.10. The Labute approximate surface area is 130 Å². The van der Waals surface area contributed by atoms with Crippen LogP contribution in [0.5, 0.6) is 11.5 Å². The zero-order valence-corrected chi connectivity index (χ0v) is 13.2. The molecule has 0 aliphatic carbocycles. The lowest BCUT2D eigenvalue weighted by molar-refractivity contribution is 0.469. The first-order valence-electron chi connectivity index (χ1n) is 6.12. The van der Waals surface area contributed by atoms with E-state index in [1.165, 1.54) is 12.1 Å². The van der Waals surface area contributed by atoms with Crippen molar-refractivity contribution in [3.05, 3.63) is 57.3 Å². The normalized spacial score (nSPS) is 12.2. The van der Waals surface area contributed by atoms with E-state index in [9.17, 15) is 4.39 Å². The number of halogens is 3. The van der Waals surface area contributed by atoms with Crippen LogP contribution in [0.15, 0.2) is 40.9 Å². The predicted octanol–water partition coefficient (Wildman–Crippen LogP) is 4.92. The minimum atomic E-state index is -0.323. The largest absolute Gasteiger partial charge is 0.456 e. The van der Waals surface area contributed by atoms with Crippen LogP contribution < -0.4 is 10.5 Å². The van der Waals surface area contributed by atoms with E-state index >= 15 is 0 Å². The van der Waals surface area contributed by atoms with Gasteiger partial charge in [-0.2, -0.15) is 0 Å². The summed E-state index contributed by atoms with van der Waals surface area (Å²) in [6.45, 7) is 1.92. The SMILES string of the molecule is CC(N)Cc1cc(Cl)ccc1Oc1ccc(F)cc1Br. The van der Waals surface area contributed by atoms with Gasteiger partial charge in [0.05, 0.1) is 4.47 Å². The molecule has 0 saturated carbocycles. The summed E-state index contributed by atoms with van der Waals surface area (Å²) in [6.07, 6.45) is 0.648. The van der Waals surface area contributed by atoms with Crippen molar-refractivity contribution < 1.29 is 9.13 Å². The molecule has 2 nitrogen and oxygen atoms in total. The first kappa shape index (κ1) is 15.3. The van der Waals surface area contributed by atoms with E-state index in [0.717, 1.165) is 5.56 Å². The fraction of sp³-hybridized carbons (Fsp3) is 0.200. The van der Waals surface area contributed by atoms with Crippen molar-refractivity contribution in [1.82, 2.24) is 0 Å². The molecule has 2 aromatic carbocycles. The number of nitrogens with two attached hydrogens (primary N) is 1. The Morgan fingerprint density at radius 1 is 1.25 bits per heavy atom. The average Bonchev–Trinajstić information content (AvgIpc) is 2.34. The van der Waals surface area contributed by atoms with Gasteiger partial charge in [0.15, 0.2) is 0 Å². The Balaban J connectivity index is 2.32. The van der Waals surface area contributed by atoms with E-state index in [4.69, 9.17) is 22.1 Å². The Kier molecular flexibility index (Phi) is 5.02. The molecular formula is C15H14BrClFNO. The third-order valence-electron chi connectivity index (χ3n) is 2.68. The number of hydrogen-bond acceptors (Lipinski definition) is 2. The van der Waals surface area contributed by atoms with E-state index < -0.39 is 0 Å². The second-order valence-electron chi connectivity index (χ2n) is 4.61. The fourth-order valence-electron chi connectivity index (χ4n) is 1.83. The van der Waals surface area contributed by atoms with Crippen LogP contribution in [0.25, 0.3) is 0 Å². The number of ether oxygens (including phenoxy) is 1. The quantitative estimate of drug-likeness (QED) is 0.841. The van der Waals surface area contributed by atoms with Crippen LogP contribution in [0.3, 0.4) is 0 Å². The molecule has 2 aromatic rings. The monoisotopic (exact) mass is 357 g/mol. The van der Waals surface area contributed by atoms with Crippen molar-refractivity contribution in [2.24, 2.45) is 5.73 Å². The van der Waals surface area contributed by atoms with Crippen molar-refractivity contribution in [2.45, 2.75) is 19.4 Å². The highest BCUT2D eigenvalue weighted by atomic mass is 79.9. The zero-order chi connectivity index (χ0) is 14.7. The second kappa shape index (κ2) is 6.57. The Hall–Kier alpha value is -1.10. The van der Waals surface area contributed by atoms with Gasteiger partial charge in [-0.25, -0.2) is 4.39 Å². The number of rotatable bonds is 4. The van der Waals surface area contributed by atoms with Gasteiger partial charge in [-0.15, -0.1) is 0 Å². The van der Waals surface area contributed by atoms with Crippen molar-refractivity contribution in [3.63, 3.8) is 0 Å². The summed E-state index contributed by atoms with van der Waals surface area (Å²) in [5.41, 5.74) is 6.75. The Morgan fingerprint density at radius 2 is 1.95 bits per heavy atom. The lowest BCUT2D eigenvalue weighted by Crippen LogP contribution is -2.18. The average molecular weight is 359 g/mol. The topological polar surface area (TPSA) is 35.2 Å². The van der Waals surface area contributed by atoms with Crippen LogP contribution >= 0.6 is 27.5 Å². The lowest BCUT2D eigenvalue weighted by atomic mass is 10.1. The molecule has 0 aliphatic heterocycles. The van der Waals surface area contributed by atoms with Gasteiger partial charge in [-0.05, 0) is 71.2 Å². The molecule has 2 rings (SSSR count). The molecule has 106 valence electrons. The van der Waals surface area contributed by atoms with Gasteiger partial charge in [0, 0.05) is 11.1 Å². The number of benzene rings is 2. The molecule has 0 radical (unpaired) electrons. The molecule has 2 N–H and O–H groups in total. The van der Waals surface area contributed by atoms with Crippen molar-refractivity contribution in [1.29, 1.82) is 0 Å². The molecule has 0 amide bonds. The maximum atomic E-state index is 13.1. The van der Waals surface area contributed by atoms with Gasteiger partial charge < -0.3 is 10.5 Å². The summed E-state index contributed by atoms with van der Waals surface area (Å²) in [4.78, 5) is 0. The first-order chi connectivity index (χ1) is 9.45. The maximum absolute atomic E-state index is 13.1. The Morgan fingerprint density at radius 3 is 2.60 bits per heavy atom. The van der Waals surface area contributed by atoms with E-state index in [2.05, 4.69) is 15.9 Å². The molecule has 0 saturated heterocycles. The molecule has 0 spiro atoms. The highest BCUT2D eigenvalue weighted by Crippen LogP contribution is 2.33. The fourth-order valence-corrected chi connectivity index (χ4v) is 2.46. The molecule has 0 fully saturated rings. The van der Waals surface area contributed by atoms with E-state index in [0.29, 0.717) is 27.4 Å². The van der Waals surface area contributed by atoms with Crippen LogP contribution in [0, 0.1) is 5.82 Å². The minimum Gasteiger partial charge on any atom is -0.456 e. The summed E-state index contributed by atoms with van der Waals surface area (Å²) in [7, 11) is 0. The zero-order valence-electron chi connectivity index (χ0n) is 10.9. The molecule has 5 heteroatoms. The summed E-state index contributed by atoms with van der Waals surface area (Å²) in [6, 6.07) is 9.64. The van der Waals surface area contributed by atoms with Crippen molar-refractivity contribution in [2.75, 3.05) is 0 Å². The third kappa shape index (κ3) is 3.95. The van der Waals surface area contributed by atoms with E-state index in [-0.39, 0.29) is 11.9 Å². The van der Waals surface area contributed by atoms with Crippen LogP contribution in [0.1, 0.15) is 12.5 Å². The van der Waals surface area contributed by atoms with Crippen LogP contribution in [0.2, 0.25) is 5.02 Å². The minimum absolute atomic E-state index is 0.00697. The third-order valence-corrected chi connectivity index (χ3v) is 3.53. The van der Waals surface area contributed by atoms with Gasteiger partial charge >= 0.3 is 0 Å². The predicted molar refractivity (Wildman–Crippen MR) is 83.0 cm³/mol. The van der Waals surface area contributed by atoms with Crippen LogP contribution in [0.4, 0.5) is 4.39 Å². The van der Waals surface area contributed by atoms with Crippen LogP contribution in [-0.2, 0) is 6.42 Å². The molecule has 1 atom stereocenters. The van der Waals surface area contributed by atoms with Gasteiger partial charge in [0.2, 0.25) is 0 Å². The summed E-state index contributed by atoms with van der Waals surface area (Å²) in [5.74, 6) is 0.884. The Bertz CT molecular complexity index is 619. The number of hydrogen-bond donors (Lipinski definition) is 1. The van der Waals surface area contributed by atoms with Gasteiger partial charge in [-0.3, -0.25) is 0 Å². The lowest BCUT2D eigenvalue weighted by Gasteiger charge is -2.14. The highest BCUT2D eigenvalue weighted by Gasteiger charge is 2.10.